The largest absolute Gasteiger partial charge is 0.481 e. The summed E-state index contributed by atoms with van der Waals surface area (Å²) in [5.41, 5.74) is 0. The number of aliphatic carboxylic acids is 1. The molecule has 18 heavy (non-hydrogen) atoms. The molecule has 0 saturated carbocycles. The van der Waals surface area contributed by atoms with Gasteiger partial charge in [0.1, 0.15) is 5.92 Å². The Hall–Kier alpha value is -1.14. The molecule has 0 aromatic heterocycles. The topological polar surface area (TPSA) is 78.9 Å². The molecule has 6 heteroatoms. The SMILES string of the molecule is CCCN(C(=O)C1CNC1)C1COCC1C(=O)O. The first-order valence-electron chi connectivity index (χ1n) is 6.47. The third-order valence-corrected chi connectivity index (χ3v) is 3.65. The molecule has 2 heterocycles. The van der Waals surface area contributed by atoms with Crippen molar-refractivity contribution < 1.29 is 19.4 Å². The van der Waals surface area contributed by atoms with Crippen LogP contribution in [0.2, 0.25) is 0 Å². The molecule has 2 aliphatic heterocycles. The minimum absolute atomic E-state index is 0.00611. The number of carboxylic acids is 1. The van der Waals surface area contributed by atoms with Gasteiger partial charge in [0, 0.05) is 19.6 Å². The van der Waals surface area contributed by atoms with Gasteiger partial charge < -0.3 is 20.1 Å². The van der Waals surface area contributed by atoms with Gasteiger partial charge in [-0.15, -0.1) is 0 Å². The molecule has 6 nitrogen and oxygen atoms in total. The fourth-order valence-corrected chi connectivity index (χ4v) is 2.46. The van der Waals surface area contributed by atoms with Gasteiger partial charge >= 0.3 is 5.97 Å². The predicted molar refractivity (Wildman–Crippen MR) is 64.1 cm³/mol. The second-order valence-corrected chi connectivity index (χ2v) is 4.94. The van der Waals surface area contributed by atoms with E-state index in [-0.39, 0.29) is 24.5 Å². The first-order valence-corrected chi connectivity index (χ1v) is 6.47. The second kappa shape index (κ2) is 5.67. The van der Waals surface area contributed by atoms with Crippen LogP contribution in [0.25, 0.3) is 0 Å². The summed E-state index contributed by atoms with van der Waals surface area (Å²) in [6.45, 7) is 4.53. The molecule has 102 valence electrons. The molecule has 2 rings (SSSR count). The van der Waals surface area contributed by atoms with E-state index in [2.05, 4.69) is 5.32 Å². The minimum atomic E-state index is -0.877. The fraction of sp³-hybridized carbons (Fsp3) is 0.833. The van der Waals surface area contributed by atoms with E-state index < -0.39 is 11.9 Å². The summed E-state index contributed by atoms with van der Waals surface area (Å²) in [5, 5.41) is 12.2. The molecule has 2 aliphatic rings. The van der Waals surface area contributed by atoms with E-state index in [9.17, 15) is 9.59 Å². The Labute approximate surface area is 106 Å². The van der Waals surface area contributed by atoms with Gasteiger partial charge in [-0.1, -0.05) is 6.92 Å². The first kappa shape index (κ1) is 13.3. The van der Waals surface area contributed by atoms with E-state index in [4.69, 9.17) is 9.84 Å². The van der Waals surface area contributed by atoms with Crippen molar-refractivity contribution in [2.24, 2.45) is 11.8 Å². The van der Waals surface area contributed by atoms with Crippen molar-refractivity contribution in [1.29, 1.82) is 0 Å². The monoisotopic (exact) mass is 256 g/mol. The molecular weight excluding hydrogens is 236 g/mol. The number of hydrogen-bond acceptors (Lipinski definition) is 4. The van der Waals surface area contributed by atoms with Crippen molar-refractivity contribution in [1.82, 2.24) is 10.2 Å². The molecule has 0 bridgehead atoms. The molecule has 0 spiro atoms. The Balaban J connectivity index is 2.08. The Bertz CT molecular complexity index is 330. The predicted octanol–water partition coefficient (Wildman–Crippen LogP) is -0.456. The van der Waals surface area contributed by atoms with Crippen LogP contribution in [0.5, 0.6) is 0 Å². The number of rotatable bonds is 5. The molecule has 0 aliphatic carbocycles. The van der Waals surface area contributed by atoms with E-state index in [1.807, 2.05) is 6.92 Å². The first-order chi connectivity index (χ1) is 8.65. The van der Waals surface area contributed by atoms with Crippen LogP contribution in [-0.4, -0.2) is 60.8 Å². The summed E-state index contributed by atoms with van der Waals surface area (Å²) < 4.78 is 5.25. The van der Waals surface area contributed by atoms with Crippen LogP contribution in [0.3, 0.4) is 0 Å². The van der Waals surface area contributed by atoms with Crippen molar-refractivity contribution in [2.75, 3.05) is 32.8 Å². The number of hydrogen-bond donors (Lipinski definition) is 2. The molecule has 1 amide bonds. The molecule has 2 saturated heterocycles. The maximum atomic E-state index is 12.3. The lowest BCUT2D eigenvalue weighted by molar-refractivity contribution is -0.146. The smallest absolute Gasteiger partial charge is 0.311 e. The summed E-state index contributed by atoms with van der Waals surface area (Å²) in [7, 11) is 0. The van der Waals surface area contributed by atoms with Crippen LogP contribution in [0.15, 0.2) is 0 Å². The number of carboxylic acid groups (broad SMARTS) is 1. The average Bonchev–Trinajstić information content (AvgIpc) is 2.71. The highest BCUT2D eigenvalue weighted by atomic mass is 16.5. The maximum Gasteiger partial charge on any atom is 0.311 e. The van der Waals surface area contributed by atoms with E-state index in [0.717, 1.165) is 6.42 Å². The van der Waals surface area contributed by atoms with Gasteiger partial charge in [-0.05, 0) is 6.42 Å². The maximum absolute atomic E-state index is 12.3. The summed E-state index contributed by atoms with van der Waals surface area (Å²) in [4.78, 5) is 25.2. The summed E-state index contributed by atoms with van der Waals surface area (Å²) >= 11 is 0. The molecule has 2 fully saturated rings. The summed E-state index contributed by atoms with van der Waals surface area (Å²) in [5.74, 6) is -1.39. The highest BCUT2D eigenvalue weighted by Gasteiger charge is 2.42. The van der Waals surface area contributed by atoms with Gasteiger partial charge in [0.25, 0.3) is 0 Å². The number of carbonyl (C=O) groups is 2. The number of carbonyl (C=O) groups excluding carboxylic acids is 1. The van der Waals surface area contributed by atoms with Gasteiger partial charge in [-0.25, -0.2) is 0 Å². The highest BCUT2D eigenvalue weighted by molar-refractivity contribution is 5.82. The van der Waals surface area contributed by atoms with Crippen LogP contribution in [-0.2, 0) is 14.3 Å². The molecule has 2 unspecified atom stereocenters. The molecular formula is C12H20N2O4. The number of nitrogens with zero attached hydrogens (tertiary/aromatic N) is 1. The fourth-order valence-electron chi connectivity index (χ4n) is 2.46. The second-order valence-electron chi connectivity index (χ2n) is 4.94. The standard InChI is InChI=1S/C12H20N2O4/c1-2-3-14(11(15)8-4-13-5-8)10-7-18-6-9(10)12(16)17/h8-10,13H,2-7H2,1H3,(H,16,17). The van der Waals surface area contributed by atoms with Gasteiger partial charge in [-0.3, -0.25) is 9.59 Å². The minimum Gasteiger partial charge on any atom is -0.481 e. The van der Waals surface area contributed by atoms with Crippen LogP contribution >= 0.6 is 0 Å². The normalized spacial score (nSPS) is 27.8. The Morgan fingerprint density at radius 1 is 1.39 bits per heavy atom. The number of ether oxygens (including phenoxy) is 1. The third-order valence-electron chi connectivity index (χ3n) is 3.65. The van der Waals surface area contributed by atoms with Gasteiger partial charge in [0.2, 0.25) is 5.91 Å². The zero-order chi connectivity index (χ0) is 13.1. The Morgan fingerprint density at radius 3 is 2.61 bits per heavy atom. The number of nitrogens with one attached hydrogen (secondary N) is 1. The molecule has 0 aromatic carbocycles. The van der Waals surface area contributed by atoms with Crippen LogP contribution < -0.4 is 5.32 Å². The van der Waals surface area contributed by atoms with Crippen molar-refractivity contribution in [2.45, 2.75) is 19.4 Å². The lowest BCUT2D eigenvalue weighted by Gasteiger charge is -2.36. The lowest BCUT2D eigenvalue weighted by Crippen LogP contribution is -2.56. The summed E-state index contributed by atoms with van der Waals surface area (Å²) in [6, 6.07) is -0.310. The Kier molecular flexibility index (Phi) is 4.19. The third kappa shape index (κ3) is 2.49. The highest BCUT2D eigenvalue weighted by Crippen LogP contribution is 2.23. The average molecular weight is 256 g/mol. The van der Waals surface area contributed by atoms with Crippen LogP contribution in [0.4, 0.5) is 0 Å². The van der Waals surface area contributed by atoms with Crippen LogP contribution in [0.1, 0.15) is 13.3 Å². The number of amides is 1. The van der Waals surface area contributed by atoms with E-state index in [1.165, 1.54) is 0 Å². The quantitative estimate of drug-likeness (QED) is 0.696. The Morgan fingerprint density at radius 2 is 2.11 bits per heavy atom. The zero-order valence-electron chi connectivity index (χ0n) is 10.6. The molecule has 0 aromatic rings. The molecule has 0 radical (unpaired) electrons. The molecule has 2 atom stereocenters. The van der Waals surface area contributed by atoms with Gasteiger partial charge in [0.15, 0.2) is 0 Å². The summed E-state index contributed by atoms with van der Waals surface area (Å²) in [6.07, 6.45) is 0.828. The van der Waals surface area contributed by atoms with E-state index in [1.54, 1.807) is 4.90 Å². The van der Waals surface area contributed by atoms with Crippen molar-refractivity contribution in [3.05, 3.63) is 0 Å². The molecule has 2 N–H and O–H groups in total. The van der Waals surface area contributed by atoms with Crippen LogP contribution in [0, 0.1) is 11.8 Å². The van der Waals surface area contributed by atoms with Crippen molar-refractivity contribution in [3.63, 3.8) is 0 Å². The van der Waals surface area contributed by atoms with E-state index >= 15 is 0 Å². The van der Waals surface area contributed by atoms with Gasteiger partial charge in [0.05, 0.1) is 25.2 Å². The van der Waals surface area contributed by atoms with Gasteiger partial charge in [-0.2, -0.15) is 0 Å². The van der Waals surface area contributed by atoms with Crippen molar-refractivity contribution >= 4 is 11.9 Å². The zero-order valence-corrected chi connectivity index (χ0v) is 10.6. The van der Waals surface area contributed by atoms with Crippen molar-refractivity contribution in [3.8, 4) is 0 Å². The lowest BCUT2D eigenvalue weighted by atomic mass is 9.97. The van der Waals surface area contributed by atoms with E-state index in [0.29, 0.717) is 26.2 Å².